The van der Waals surface area contributed by atoms with Crippen LogP contribution in [0.3, 0.4) is 0 Å². The summed E-state index contributed by atoms with van der Waals surface area (Å²) in [5.41, 5.74) is -0.825. The van der Waals surface area contributed by atoms with Gasteiger partial charge in [-0.15, -0.1) is 0 Å². The lowest BCUT2D eigenvalue weighted by atomic mass is 10.0. The molecule has 1 saturated heterocycles. The summed E-state index contributed by atoms with van der Waals surface area (Å²) in [4.78, 5) is 39.8. The quantitative estimate of drug-likeness (QED) is 0.863. The summed E-state index contributed by atoms with van der Waals surface area (Å²) >= 11 is 0. The van der Waals surface area contributed by atoms with E-state index in [1.165, 1.54) is 12.3 Å². The van der Waals surface area contributed by atoms with Gasteiger partial charge in [-0.2, -0.15) is 0 Å². The Balaban J connectivity index is 1.85. The van der Waals surface area contributed by atoms with Crippen LogP contribution < -0.4 is 10.9 Å². The number of rotatable bonds is 2. The van der Waals surface area contributed by atoms with Gasteiger partial charge in [-0.3, -0.25) is 9.59 Å². The van der Waals surface area contributed by atoms with Crippen molar-refractivity contribution in [1.82, 2.24) is 15.2 Å². The molecule has 1 aromatic rings. The van der Waals surface area contributed by atoms with E-state index in [0.29, 0.717) is 25.9 Å². The summed E-state index contributed by atoms with van der Waals surface area (Å²) in [5.74, 6) is -0.387. The maximum absolute atomic E-state index is 12.1. The number of ether oxygens (including phenoxy) is 1. The fourth-order valence-electron chi connectivity index (χ4n) is 2.40. The number of nitrogens with one attached hydrogen (secondary N) is 2. The zero-order chi connectivity index (χ0) is 17.0. The van der Waals surface area contributed by atoms with E-state index in [1.807, 2.05) is 20.8 Å². The topological polar surface area (TPSA) is 91.5 Å². The van der Waals surface area contributed by atoms with Crippen molar-refractivity contribution in [3.63, 3.8) is 0 Å². The molecule has 2 amide bonds. The van der Waals surface area contributed by atoms with Crippen molar-refractivity contribution in [3.05, 3.63) is 34.2 Å². The van der Waals surface area contributed by atoms with E-state index >= 15 is 0 Å². The molecule has 0 aliphatic carbocycles. The number of aromatic nitrogens is 1. The Morgan fingerprint density at radius 2 is 1.96 bits per heavy atom. The molecule has 1 aliphatic rings. The molecular formula is C16H23N3O4. The van der Waals surface area contributed by atoms with Crippen molar-refractivity contribution in [2.75, 3.05) is 13.1 Å². The molecule has 0 saturated carbocycles. The van der Waals surface area contributed by atoms with Gasteiger partial charge >= 0.3 is 6.09 Å². The lowest BCUT2D eigenvalue weighted by Crippen LogP contribution is -2.48. The number of nitrogens with zero attached hydrogens (tertiary/aromatic N) is 1. The van der Waals surface area contributed by atoms with E-state index in [1.54, 1.807) is 11.0 Å². The third-order valence-corrected chi connectivity index (χ3v) is 3.54. The van der Waals surface area contributed by atoms with E-state index in [0.717, 1.165) is 0 Å². The molecule has 2 N–H and O–H groups in total. The van der Waals surface area contributed by atoms with Gasteiger partial charge in [0.2, 0.25) is 0 Å². The molecule has 2 rings (SSSR count). The second-order valence-corrected chi connectivity index (χ2v) is 6.63. The molecule has 1 aliphatic heterocycles. The van der Waals surface area contributed by atoms with Crippen molar-refractivity contribution in [1.29, 1.82) is 0 Å². The smallest absolute Gasteiger partial charge is 0.410 e. The van der Waals surface area contributed by atoms with E-state index in [9.17, 15) is 14.4 Å². The summed E-state index contributed by atoms with van der Waals surface area (Å²) in [6.45, 7) is 6.52. The lowest BCUT2D eigenvalue weighted by molar-refractivity contribution is 0.0199. The molecule has 7 heteroatoms. The van der Waals surface area contributed by atoms with Crippen LogP contribution in [0.4, 0.5) is 4.79 Å². The zero-order valence-electron chi connectivity index (χ0n) is 13.7. The fraction of sp³-hybridized carbons (Fsp3) is 0.562. The molecule has 0 bridgehead atoms. The average Bonchev–Trinajstić information content (AvgIpc) is 2.46. The minimum Gasteiger partial charge on any atom is -0.444 e. The molecule has 0 spiro atoms. The number of carbonyl (C=O) groups is 2. The Morgan fingerprint density at radius 3 is 2.52 bits per heavy atom. The second-order valence-electron chi connectivity index (χ2n) is 6.63. The van der Waals surface area contributed by atoms with E-state index in [2.05, 4.69) is 10.3 Å². The molecule has 126 valence electrons. The summed E-state index contributed by atoms with van der Waals surface area (Å²) in [7, 11) is 0. The molecule has 1 aromatic heterocycles. The first-order valence-corrected chi connectivity index (χ1v) is 7.73. The molecule has 0 unspecified atom stereocenters. The van der Waals surface area contributed by atoms with Gasteiger partial charge in [-0.05, 0) is 45.7 Å². The highest BCUT2D eigenvalue weighted by Crippen LogP contribution is 2.15. The summed E-state index contributed by atoms with van der Waals surface area (Å²) < 4.78 is 5.33. The van der Waals surface area contributed by atoms with Gasteiger partial charge in [0.05, 0.1) is 0 Å². The number of H-pyrrole nitrogens is 1. The van der Waals surface area contributed by atoms with Crippen LogP contribution in [0, 0.1) is 0 Å². The molecular weight excluding hydrogens is 298 g/mol. The molecule has 23 heavy (non-hydrogen) atoms. The Bertz CT molecular complexity index is 625. The Labute approximate surface area is 135 Å². The first-order valence-electron chi connectivity index (χ1n) is 7.73. The summed E-state index contributed by atoms with van der Waals surface area (Å²) in [5, 5.41) is 2.85. The molecule has 1 fully saturated rings. The predicted molar refractivity (Wildman–Crippen MR) is 85.4 cm³/mol. The van der Waals surface area contributed by atoms with Crippen molar-refractivity contribution in [2.45, 2.75) is 45.3 Å². The Kier molecular flexibility index (Phi) is 5.08. The number of carbonyl (C=O) groups excluding carboxylic acids is 2. The van der Waals surface area contributed by atoms with E-state index in [-0.39, 0.29) is 23.6 Å². The Morgan fingerprint density at radius 1 is 1.30 bits per heavy atom. The van der Waals surface area contributed by atoms with Crippen LogP contribution in [0.25, 0.3) is 0 Å². The third kappa shape index (κ3) is 4.84. The number of aromatic amines is 1. The van der Waals surface area contributed by atoms with Crippen molar-refractivity contribution < 1.29 is 14.3 Å². The van der Waals surface area contributed by atoms with E-state index < -0.39 is 11.2 Å². The maximum Gasteiger partial charge on any atom is 0.410 e. The van der Waals surface area contributed by atoms with Gasteiger partial charge in [-0.25, -0.2) is 4.79 Å². The number of hydrogen-bond donors (Lipinski definition) is 2. The van der Waals surface area contributed by atoms with Crippen LogP contribution in [0.5, 0.6) is 0 Å². The fourth-order valence-corrected chi connectivity index (χ4v) is 2.40. The van der Waals surface area contributed by atoms with Gasteiger partial charge in [0.25, 0.3) is 11.5 Å². The largest absolute Gasteiger partial charge is 0.444 e. The van der Waals surface area contributed by atoms with Crippen LogP contribution in [0.1, 0.15) is 44.0 Å². The SMILES string of the molecule is CC(C)(C)OC(=O)N1CCC(NC(=O)c2ccc[nH]c2=O)CC1. The Hall–Kier alpha value is -2.31. The monoisotopic (exact) mass is 321 g/mol. The van der Waals surface area contributed by atoms with Gasteiger partial charge in [-0.1, -0.05) is 0 Å². The van der Waals surface area contributed by atoms with Crippen molar-refractivity contribution in [3.8, 4) is 0 Å². The lowest BCUT2D eigenvalue weighted by Gasteiger charge is -2.33. The zero-order valence-corrected chi connectivity index (χ0v) is 13.7. The van der Waals surface area contributed by atoms with E-state index in [4.69, 9.17) is 4.74 Å². The van der Waals surface area contributed by atoms with Gasteiger partial charge < -0.3 is 19.9 Å². The highest BCUT2D eigenvalue weighted by atomic mass is 16.6. The number of amides is 2. The molecule has 7 nitrogen and oxygen atoms in total. The molecule has 0 radical (unpaired) electrons. The van der Waals surface area contributed by atoms with Gasteiger partial charge in [0, 0.05) is 25.3 Å². The number of pyridine rings is 1. The van der Waals surface area contributed by atoms with Crippen LogP contribution in [0.15, 0.2) is 23.1 Å². The predicted octanol–water partition coefficient (Wildman–Crippen LogP) is 1.50. The number of piperidine rings is 1. The van der Waals surface area contributed by atoms with Crippen molar-refractivity contribution in [2.24, 2.45) is 0 Å². The molecule has 2 heterocycles. The van der Waals surface area contributed by atoms with Crippen molar-refractivity contribution >= 4 is 12.0 Å². The maximum atomic E-state index is 12.1. The molecule has 0 aromatic carbocycles. The second kappa shape index (κ2) is 6.85. The normalized spacial score (nSPS) is 16.0. The standard InChI is InChI=1S/C16H23N3O4/c1-16(2,3)23-15(22)19-9-6-11(7-10-19)18-14(21)12-5-4-8-17-13(12)20/h4-5,8,11H,6-7,9-10H2,1-3H3,(H,17,20)(H,18,21). The van der Waals surface area contributed by atoms with Gasteiger partial charge in [0.1, 0.15) is 11.2 Å². The first-order chi connectivity index (χ1) is 10.8. The number of likely N-dealkylation sites (tertiary alicyclic amines) is 1. The minimum atomic E-state index is -0.517. The van der Waals surface area contributed by atoms with Crippen LogP contribution in [-0.4, -0.2) is 46.6 Å². The average molecular weight is 321 g/mol. The highest BCUT2D eigenvalue weighted by Gasteiger charge is 2.27. The first kappa shape index (κ1) is 17.1. The van der Waals surface area contributed by atoms with Crippen LogP contribution >= 0.6 is 0 Å². The minimum absolute atomic E-state index is 0.0548. The number of hydrogen-bond acceptors (Lipinski definition) is 4. The third-order valence-electron chi connectivity index (χ3n) is 3.54. The summed E-state index contributed by atoms with van der Waals surface area (Å²) in [6.07, 6.45) is 2.42. The molecule has 0 atom stereocenters. The van der Waals surface area contributed by atoms with Crippen LogP contribution in [-0.2, 0) is 4.74 Å². The van der Waals surface area contributed by atoms with Gasteiger partial charge in [0.15, 0.2) is 0 Å². The highest BCUT2D eigenvalue weighted by molar-refractivity contribution is 5.93. The van der Waals surface area contributed by atoms with Crippen LogP contribution in [0.2, 0.25) is 0 Å². The summed E-state index contributed by atoms with van der Waals surface area (Å²) in [6, 6.07) is 3.05.